The minimum Gasteiger partial charge on any atom is -0.371 e. The standard InChI is InChI=1S/C13H16FNO/c1-10(16)11-3-4-13-12(9-11)5-8-15(13)7-2-6-14/h3-4,9H,2,5-8H2,1H3. The van der Waals surface area contributed by atoms with E-state index < -0.39 is 0 Å². The van der Waals surface area contributed by atoms with E-state index in [2.05, 4.69) is 4.90 Å². The van der Waals surface area contributed by atoms with Crippen molar-refractivity contribution in [3.05, 3.63) is 29.3 Å². The number of hydrogen-bond donors (Lipinski definition) is 0. The van der Waals surface area contributed by atoms with Gasteiger partial charge in [0.2, 0.25) is 0 Å². The van der Waals surface area contributed by atoms with E-state index in [4.69, 9.17) is 0 Å². The maximum atomic E-state index is 12.1. The van der Waals surface area contributed by atoms with Gasteiger partial charge >= 0.3 is 0 Å². The average Bonchev–Trinajstić information content (AvgIpc) is 2.68. The first kappa shape index (κ1) is 11.1. The molecule has 0 aromatic heterocycles. The van der Waals surface area contributed by atoms with E-state index in [0.29, 0.717) is 6.42 Å². The third-order valence-electron chi connectivity index (χ3n) is 3.04. The number of nitrogens with zero attached hydrogens (tertiary/aromatic N) is 1. The zero-order valence-corrected chi connectivity index (χ0v) is 9.50. The number of hydrogen-bond acceptors (Lipinski definition) is 2. The zero-order valence-electron chi connectivity index (χ0n) is 9.50. The molecule has 1 aliphatic rings. The molecule has 0 saturated carbocycles. The maximum absolute atomic E-state index is 12.1. The number of anilines is 1. The number of rotatable bonds is 4. The largest absolute Gasteiger partial charge is 0.371 e. The van der Waals surface area contributed by atoms with Crippen molar-refractivity contribution in [1.29, 1.82) is 0 Å². The lowest BCUT2D eigenvalue weighted by molar-refractivity contribution is 0.101. The first-order chi connectivity index (χ1) is 7.72. The van der Waals surface area contributed by atoms with Crippen molar-refractivity contribution in [2.45, 2.75) is 19.8 Å². The second kappa shape index (κ2) is 4.64. The summed E-state index contributed by atoms with van der Waals surface area (Å²) in [5.41, 5.74) is 3.15. The number of benzene rings is 1. The molecule has 0 aliphatic carbocycles. The number of halogens is 1. The summed E-state index contributed by atoms with van der Waals surface area (Å²) in [5, 5.41) is 0. The van der Waals surface area contributed by atoms with E-state index in [0.717, 1.165) is 25.1 Å². The van der Waals surface area contributed by atoms with Gasteiger partial charge in [-0.2, -0.15) is 0 Å². The van der Waals surface area contributed by atoms with E-state index >= 15 is 0 Å². The van der Waals surface area contributed by atoms with Crippen LogP contribution in [0, 0.1) is 0 Å². The van der Waals surface area contributed by atoms with Crippen molar-refractivity contribution >= 4 is 11.5 Å². The molecule has 0 N–H and O–H groups in total. The van der Waals surface area contributed by atoms with Gasteiger partial charge in [-0.05, 0) is 43.5 Å². The van der Waals surface area contributed by atoms with Crippen molar-refractivity contribution in [3.63, 3.8) is 0 Å². The fourth-order valence-electron chi connectivity index (χ4n) is 2.17. The van der Waals surface area contributed by atoms with Gasteiger partial charge in [0.15, 0.2) is 5.78 Å². The molecule has 86 valence electrons. The SMILES string of the molecule is CC(=O)c1ccc2c(c1)CCN2CCCF. The number of carbonyl (C=O) groups is 1. The lowest BCUT2D eigenvalue weighted by Gasteiger charge is -2.18. The van der Waals surface area contributed by atoms with Gasteiger partial charge in [0.25, 0.3) is 0 Å². The van der Waals surface area contributed by atoms with Crippen LogP contribution in [0.5, 0.6) is 0 Å². The van der Waals surface area contributed by atoms with Crippen molar-refractivity contribution in [3.8, 4) is 0 Å². The molecule has 1 aromatic carbocycles. The van der Waals surface area contributed by atoms with E-state index in [1.54, 1.807) is 6.92 Å². The third-order valence-corrected chi connectivity index (χ3v) is 3.04. The predicted molar refractivity (Wildman–Crippen MR) is 63.0 cm³/mol. The molecular formula is C13H16FNO. The second-order valence-corrected chi connectivity index (χ2v) is 4.18. The molecule has 0 saturated heterocycles. The molecule has 3 heteroatoms. The summed E-state index contributed by atoms with van der Waals surface area (Å²) >= 11 is 0. The fourth-order valence-corrected chi connectivity index (χ4v) is 2.17. The predicted octanol–water partition coefficient (Wildman–Crippen LogP) is 2.61. The smallest absolute Gasteiger partial charge is 0.159 e. The van der Waals surface area contributed by atoms with Crippen LogP contribution in [0.25, 0.3) is 0 Å². The van der Waals surface area contributed by atoms with Crippen LogP contribution in [0.3, 0.4) is 0 Å². The zero-order chi connectivity index (χ0) is 11.5. The summed E-state index contributed by atoms with van der Waals surface area (Å²) in [4.78, 5) is 13.4. The van der Waals surface area contributed by atoms with Crippen LogP contribution < -0.4 is 4.90 Å². The molecule has 0 fully saturated rings. The van der Waals surface area contributed by atoms with Crippen molar-refractivity contribution < 1.29 is 9.18 Å². The Balaban J connectivity index is 2.18. The molecule has 1 heterocycles. The van der Waals surface area contributed by atoms with Gasteiger partial charge in [0.1, 0.15) is 0 Å². The van der Waals surface area contributed by atoms with Crippen LogP contribution in [0.1, 0.15) is 29.3 Å². The Hall–Kier alpha value is -1.38. The summed E-state index contributed by atoms with van der Waals surface area (Å²) in [6, 6.07) is 5.80. The topological polar surface area (TPSA) is 20.3 Å². The normalized spacial score (nSPS) is 14.0. The summed E-state index contributed by atoms with van der Waals surface area (Å²) in [6.45, 7) is 3.02. The van der Waals surface area contributed by atoms with Gasteiger partial charge in [-0.1, -0.05) is 0 Å². The summed E-state index contributed by atoms with van der Waals surface area (Å²) in [5.74, 6) is 0.102. The summed E-state index contributed by atoms with van der Waals surface area (Å²) in [7, 11) is 0. The fraction of sp³-hybridized carbons (Fsp3) is 0.462. The van der Waals surface area contributed by atoms with E-state index in [-0.39, 0.29) is 12.5 Å². The molecule has 0 unspecified atom stereocenters. The minimum atomic E-state index is -0.267. The molecule has 0 radical (unpaired) electrons. The van der Waals surface area contributed by atoms with Crippen LogP contribution >= 0.6 is 0 Å². The lowest BCUT2D eigenvalue weighted by Crippen LogP contribution is -2.21. The van der Waals surface area contributed by atoms with Crippen LogP contribution in [-0.4, -0.2) is 25.5 Å². The van der Waals surface area contributed by atoms with Crippen molar-refractivity contribution in [2.24, 2.45) is 0 Å². The third kappa shape index (κ3) is 2.08. The molecular weight excluding hydrogens is 205 g/mol. The van der Waals surface area contributed by atoms with E-state index in [1.807, 2.05) is 18.2 Å². The van der Waals surface area contributed by atoms with Gasteiger partial charge in [-0.3, -0.25) is 9.18 Å². The number of ketones is 1. The first-order valence-corrected chi connectivity index (χ1v) is 5.67. The minimum absolute atomic E-state index is 0.102. The highest BCUT2D eigenvalue weighted by atomic mass is 19.1. The number of Topliss-reactive ketones (excluding diaryl/α,β-unsaturated/α-hetero) is 1. The molecule has 1 aromatic rings. The first-order valence-electron chi connectivity index (χ1n) is 5.67. The molecule has 2 rings (SSSR count). The Bertz CT molecular complexity index is 403. The monoisotopic (exact) mass is 221 g/mol. The van der Waals surface area contributed by atoms with Crippen LogP contribution in [-0.2, 0) is 6.42 Å². The van der Waals surface area contributed by atoms with E-state index in [1.165, 1.54) is 11.3 Å². The van der Waals surface area contributed by atoms with Gasteiger partial charge in [0, 0.05) is 24.3 Å². The molecule has 16 heavy (non-hydrogen) atoms. The maximum Gasteiger partial charge on any atom is 0.159 e. The summed E-state index contributed by atoms with van der Waals surface area (Å²) < 4.78 is 12.1. The molecule has 0 bridgehead atoms. The molecule has 0 spiro atoms. The van der Waals surface area contributed by atoms with Crippen molar-refractivity contribution in [1.82, 2.24) is 0 Å². The summed E-state index contributed by atoms with van der Waals surface area (Å²) in [6.07, 6.45) is 1.54. The van der Waals surface area contributed by atoms with Crippen LogP contribution in [0.15, 0.2) is 18.2 Å². The second-order valence-electron chi connectivity index (χ2n) is 4.18. The Kier molecular flexibility index (Phi) is 3.22. The Morgan fingerprint density at radius 1 is 1.50 bits per heavy atom. The molecule has 0 amide bonds. The van der Waals surface area contributed by atoms with E-state index in [9.17, 15) is 9.18 Å². The molecule has 0 atom stereocenters. The van der Waals surface area contributed by atoms with Gasteiger partial charge in [-0.25, -0.2) is 0 Å². The van der Waals surface area contributed by atoms with Gasteiger partial charge < -0.3 is 4.90 Å². The quantitative estimate of drug-likeness (QED) is 0.728. The number of alkyl halides is 1. The highest BCUT2D eigenvalue weighted by Crippen LogP contribution is 2.28. The number of fused-ring (bicyclic) bond motifs is 1. The highest BCUT2D eigenvalue weighted by Gasteiger charge is 2.19. The Labute approximate surface area is 95.1 Å². The van der Waals surface area contributed by atoms with Crippen LogP contribution in [0.4, 0.5) is 10.1 Å². The van der Waals surface area contributed by atoms with Gasteiger partial charge in [-0.15, -0.1) is 0 Å². The molecule has 1 aliphatic heterocycles. The van der Waals surface area contributed by atoms with Crippen molar-refractivity contribution in [2.75, 3.05) is 24.7 Å². The Morgan fingerprint density at radius 3 is 3.00 bits per heavy atom. The van der Waals surface area contributed by atoms with Crippen LogP contribution in [0.2, 0.25) is 0 Å². The molecule has 2 nitrogen and oxygen atoms in total. The Morgan fingerprint density at radius 2 is 2.31 bits per heavy atom. The lowest BCUT2D eigenvalue weighted by atomic mass is 10.1. The average molecular weight is 221 g/mol. The van der Waals surface area contributed by atoms with Gasteiger partial charge in [0.05, 0.1) is 6.67 Å². The number of carbonyl (C=O) groups excluding carboxylic acids is 1. The highest BCUT2D eigenvalue weighted by molar-refractivity contribution is 5.94.